The maximum absolute atomic E-state index is 12.1. The molecule has 7 nitrogen and oxygen atoms in total. The number of carbonyl (C=O) groups excluding carboxylic acids is 1. The van der Waals surface area contributed by atoms with Crippen molar-refractivity contribution in [3.8, 4) is 0 Å². The van der Waals surface area contributed by atoms with Gasteiger partial charge >= 0.3 is 6.09 Å². The van der Waals surface area contributed by atoms with E-state index in [9.17, 15) is 14.9 Å². The molecule has 0 spiro atoms. The number of nitro benzene ring substituents is 1. The Hall–Kier alpha value is -2.15. The lowest BCUT2D eigenvalue weighted by Crippen LogP contribution is -2.36. The molecule has 1 aromatic carbocycles. The van der Waals surface area contributed by atoms with Gasteiger partial charge in [0.05, 0.1) is 11.5 Å². The van der Waals surface area contributed by atoms with Gasteiger partial charge in [-0.2, -0.15) is 0 Å². The van der Waals surface area contributed by atoms with Crippen molar-refractivity contribution in [3.63, 3.8) is 0 Å². The topological polar surface area (TPSA) is 75.9 Å². The molecule has 1 saturated heterocycles. The first-order valence-corrected chi connectivity index (χ1v) is 8.75. The number of rotatable bonds is 5. The van der Waals surface area contributed by atoms with Crippen LogP contribution in [0.5, 0.6) is 0 Å². The Morgan fingerprint density at radius 1 is 1.28 bits per heavy atom. The van der Waals surface area contributed by atoms with Crippen molar-refractivity contribution < 1.29 is 14.5 Å². The Morgan fingerprint density at radius 3 is 2.72 bits per heavy atom. The van der Waals surface area contributed by atoms with Crippen LogP contribution in [0.1, 0.15) is 31.4 Å². The second-order valence-corrected chi connectivity index (χ2v) is 6.91. The number of hydrogen-bond donors (Lipinski definition) is 0. The van der Waals surface area contributed by atoms with Crippen LogP contribution in [-0.4, -0.2) is 53.6 Å². The molecule has 0 aromatic heterocycles. The molecule has 0 N–H and O–H groups in total. The van der Waals surface area contributed by atoms with Crippen molar-refractivity contribution in [1.82, 2.24) is 9.80 Å². The van der Waals surface area contributed by atoms with Gasteiger partial charge < -0.3 is 9.64 Å². The van der Waals surface area contributed by atoms with Crippen LogP contribution in [0.15, 0.2) is 18.2 Å². The molecule has 1 aliphatic heterocycles. The van der Waals surface area contributed by atoms with Gasteiger partial charge in [0.15, 0.2) is 0 Å². The lowest BCUT2D eigenvalue weighted by Gasteiger charge is -2.22. The predicted octanol–water partition coefficient (Wildman–Crippen LogP) is 3.20. The summed E-state index contributed by atoms with van der Waals surface area (Å²) in [6.45, 7) is 9.80. The Labute approximate surface area is 148 Å². The van der Waals surface area contributed by atoms with Gasteiger partial charge in [0, 0.05) is 44.4 Å². The van der Waals surface area contributed by atoms with Crippen LogP contribution in [0.25, 0.3) is 0 Å². The quantitative estimate of drug-likeness (QED) is 0.603. The van der Waals surface area contributed by atoms with Gasteiger partial charge in [-0.3, -0.25) is 15.0 Å². The van der Waals surface area contributed by atoms with E-state index in [-0.39, 0.29) is 16.7 Å². The first-order valence-electron chi connectivity index (χ1n) is 8.75. The van der Waals surface area contributed by atoms with E-state index in [4.69, 9.17) is 4.74 Å². The van der Waals surface area contributed by atoms with E-state index in [0.717, 1.165) is 25.1 Å². The Bertz CT molecular complexity index is 618. The molecular weight excluding hydrogens is 322 g/mol. The highest BCUT2D eigenvalue weighted by Crippen LogP contribution is 2.22. The molecule has 0 radical (unpaired) electrons. The average Bonchev–Trinajstić information content (AvgIpc) is 2.80. The molecule has 1 heterocycles. The van der Waals surface area contributed by atoms with Gasteiger partial charge in [0.2, 0.25) is 0 Å². The van der Waals surface area contributed by atoms with Crippen molar-refractivity contribution in [2.75, 3.05) is 32.8 Å². The molecule has 0 aliphatic carbocycles. The normalized spacial score (nSPS) is 15.9. The third-order valence-corrected chi connectivity index (χ3v) is 4.39. The molecule has 0 bridgehead atoms. The standard InChI is InChI=1S/C18H27N3O4/c1-14(2)13-25-18(22)20-9-5-8-19(10-11-20)12-16-6-4-7-17(15(16)3)21(23)24/h4,6-7,14H,5,8-13H2,1-3H3. The van der Waals surface area contributed by atoms with Crippen LogP contribution in [-0.2, 0) is 11.3 Å². The number of nitro groups is 1. The van der Waals surface area contributed by atoms with Crippen LogP contribution >= 0.6 is 0 Å². The fourth-order valence-electron chi connectivity index (χ4n) is 2.92. The smallest absolute Gasteiger partial charge is 0.409 e. The summed E-state index contributed by atoms with van der Waals surface area (Å²) in [5.41, 5.74) is 1.83. The molecule has 1 aromatic rings. The third-order valence-electron chi connectivity index (χ3n) is 4.39. The summed E-state index contributed by atoms with van der Waals surface area (Å²) in [6, 6.07) is 5.20. The van der Waals surface area contributed by atoms with Crippen molar-refractivity contribution in [2.24, 2.45) is 5.92 Å². The maximum atomic E-state index is 12.1. The largest absolute Gasteiger partial charge is 0.449 e. The molecule has 7 heteroatoms. The second kappa shape index (κ2) is 8.80. The zero-order valence-corrected chi connectivity index (χ0v) is 15.2. The van der Waals surface area contributed by atoms with Gasteiger partial charge in [-0.25, -0.2) is 4.79 Å². The van der Waals surface area contributed by atoms with E-state index < -0.39 is 0 Å². The number of ether oxygens (including phenoxy) is 1. The van der Waals surface area contributed by atoms with Crippen molar-refractivity contribution in [1.29, 1.82) is 0 Å². The maximum Gasteiger partial charge on any atom is 0.409 e. The lowest BCUT2D eigenvalue weighted by molar-refractivity contribution is -0.385. The van der Waals surface area contributed by atoms with E-state index in [1.807, 2.05) is 19.9 Å². The van der Waals surface area contributed by atoms with E-state index >= 15 is 0 Å². The summed E-state index contributed by atoms with van der Waals surface area (Å²) in [5, 5.41) is 11.1. The third kappa shape index (κ3) is 5.42. The van der Waals surface area contributed by atoms with Gasteiger partial charge in [-0.15, -0.1) is 0 Å². The summed E-state index contributed by atoms with van der Waals surface area (Å²) >= 11 is 0. The molecule has 1 amide bonds. The summed E-state index contributed by atoms with van der Waals surface area (Å²) in [6.07, 6.45) is 0.618. The van der Waals surface area contributed by atoms with E-state index in [2.05, 4.69) is 4.90 Å². The van der Waals surface area contributed by atoms with Crippen LogP contribution in [0.4, 0.5) is 10.5 Å². The number of hydrogen-bond acceptors (Lipinski definition) is 5. The fourth-order valence-corrected chi connectivity index (χ4v) is 2.92. The lowest BCUT2D eigenvalue weighted by atomic mass is 10.1. The second-order valence-electron chi connectivity index (χ2n) is 6.91. The molecule has 0 unspecified atom stereocenters. The molecule has 138 valence electrons. The minimum atomic E-state index is -0.340. The summed E-state index contributed by atoms with van der Waals surface area (Å²) < 4.78 is 5.31. The average molecular weight is 349 g/mol. The SMILES string of the molecule is Cc1c(CN2CCCN(C(=O)OCC(C)C)CC2)cccc1[N+](=O)[O-]. The number of nitrogens with zero attached hydrogens (tertiary/aromatic N) is 3. The van der Waals surface area contributed by atoms with E-state index in [1.54, 1.807) is 17.9 Å². The number of amides is 1. The Morgan fingerprint density at radius 2 is 2.04 bits per heavy atom. The number of benzene rings is 1. The van der Waals surface area contributed by atoms with Crippen LogP contribution in [0.3, 0.4) is 0 Å². The summed E-state index contributed by atoms with van der Waals surface area (Å²) in [4.78, 5) is 26.8. The molecular formula is C18H27N3O4. The minimum absolute atomic E-state index is 0.159. The first kappa shape index (κ1) is 19.2. The zero-order chi connectivity index (χ0) is 18.4. The van der Waals surface area contributed by atoms with Gasteiger partial charge in [0.1, 0.15) is 0 Å². The molecule has 1 aliphatic rings. The van der Waals surface area contributed by atoms with Crippen LogP contribution in [0.2, 0.25) is 0 Å². The summed E-state index contributed by atoms with van der Waals surface area (Å²) in [7, 11) is 0. The van der Waals surface area contributed by atoms with Crippen LogP contribution < -0.4 is 0 Å². The minimum Gasteiger partial charge on any atom is -0.449 e. The van der Waals surface area contributed by atoms with Crippen molar-refractivity contribution >= 4 is 11.8 Å². The monoisotopic (exact) mass is 349 g/mol. The first-order chi connectivity index (χ1) is 11.9. The van der Waals surface area contributed by atoms with E-state index in [0.29, 0.717) is 37.7 Å². The van der Waals surface area contributed by atoms with Gasteiger partial charge in [-0.1, -0.05) is 26.0 Å². The highest BCUT2D eigenvalue weighted by molar-refractivity contribution is 5.67. The van der Waals surface area contributed by atoms with Crippen molar-refractivity contribution in [2.45, 2.75) is 33.7 Å². The van der Waals surface area contributed by atoms with Crippen molar-refractivity contribution in [3.05, 3.63) is 39.4 Å². The highest BCUT2D eigenvalue weighted by atomic mass is 16.6. The summed E-state index contributed by atoms with van der Waals surface area (Å²) in [5.74, 6) is 0.323. The van der Waals surface area contributed by atoms with Crippen LogP contribution in [0, 0.1) is 23.0 Å². The molecule has 2 rings (SSSR count). The Balaban J connectivity index is 1.94. The number of carbonyl (C=O) groups is 1. The van der Waals surface area contributed by atoms with Gasteiger partial charge in [0.25, 0.3) is 5.69 Å². The molecule has 25 heavy (non-hydrogen) atoms. The molecule has 0 atom stereocenters. The predicted molar refractivity (Wildman–Crippen MR) is 95.5 cm³/mol. The molecule has 1 fully saturated rings. The molecule has 0 saturated carbocycles. The van der Waals surface area contributed by atoms with Gasteiger partial charge in [-0.05, 0) is 24.8 Å². The zero-order valence-electron chi connectivity index (χ0n) is 15.2. The van der Waals surface area contributed by atoms with E-state index in [1.165, 1.54) is 6.07 Å². The fraction of sp³-hybridized carbons (Fsp3) is 0.611. The highest BCUT2D eigenvalue weighted by Gasteiger charge is 2.22. The Kier molecular flexibility index (Phi) is 6.75.